The van der Waals surface area contributed by atoms with Crippen LogP contribution in [0.3, 0.4) is 0 Å². The van der Waals surface area contributed by atoms with Crippen molar-refractivity contribution in [1.29, 1.82) is 0 Å². The maximum Gasteiger partial charge on any atom is 0.328 e. The number of hydrogen-bond donors (Lipinski definition) is 4. The molecule has 0 bridgehead atoms. The number of carboxylic acids is 1. The summed E-state index contributed by atoms with van der Waals surface area (Å²) < 4.78 is 13.4. The Morgan fingerprint density at radius 1 is 1.43 bits per heavy atom. The van der Waals surface area contributed by atoms with Gasteiger partial charge in [0.05, 0.1) is 16.7 Å². The lowest BCUT2D eigenvalue weighted by atomic mass is 10.2. The van der Waals surface area contributed by atoms with E-state index in [9.17, 15) is 29.2 Å². The van der Waals surface area contributed by atoms with Crippen LogP contribution in [0.1, 0.15) is 6.92 Å². The predicted octanol–water partition coefficient (Wildman–Crippen LogP) is 0.689. The molecule has 0 spiro atoms. The molecule has 0 aliphatic heterocycles. The summed E-state index contributed by atoms with van der Waals surface area (Å²) in [7, 11) is 0. The molecule has 4 N–H and O–H groups in total. The number of urea groups is 1. The lowest BCUT2D eigenvalue weighted by Gasteiger charge is -2.17. The molecular formula is C11H12FN3O6. The van der Waals surface area contributed by atoms with E-state index in [0.717, 1.165) is 25.1 Å². The van der Waals surface area contributed by atoms with Gasteiger partial charge >= 0.3 is 12.0 Å². The van der Waals surface area contributed by atoms with Crippen molar-refractivity contribution in [1.82, 2.24) is 5.32 Å². The number of benzene rings is 1. The third-order valence-electron chi connectivity index (χ3n) is 2.44. The smallest absolute Gasteiger partial charge is 0.328 e. The molecule has 1 aromatic rings. The van der Waals surface area contributed by atoms with E-state index in [0.29, 0.717) is 0 Å². The van der Waals surface area contributed by atoms with Crippen LogP contribution in [0.25, 0.3) is 0 Å². The number of nitro benzene ring substituents is 1. The maximum absolute atomic E-state index is 13.4. The van der Waals surface area contributed by atoms with Crippen LogP contribution in [-0.2, 0) is 4.79 Å². The van der Waals surface area contributed by atoms with Gasteiger partial charge in [-0.15, -0.1) is 0 Å². The van der Waals surface area contributed by atoms with E-state index in [-0.39, 0.29) is 0 Å². The van der Waals surface area contributed by atoms with Crippen LogP contribution in [0.4, 0.5) is 20.6 Å². The molecule has 0 aliphatic carbocycles. The van der Waals surface area contributed by atoms with Crippen molar-refractivity contribution in [3.8, 4) is 0 Å². The number of carbonyl (C=O) groups excluding carboxylic acids is 1. The summed E-state index contributed by atoms with van der Waals surface area (Å²) in [6.07, 6.45) is -1.39. The zero-order valence-corrected chi connectivity index (χ0v) is 10.7. The number of amides is 2. The predicted molar refractivity (Wildman–Crippen MR) is 68.3 cm³/mol. The number of non-ortho nitro benzene ring substituents is 1. The molecule has 0 aromatic heterocycles. The summed E-state index contributed by atoms with van der Waals surface area (Å²) in [6.45, 7) is 1.15. The first-order chi connectivity index (χ1) is 9.72. The number of rotatable bonds is 5. The van der Waals surface area contributed by atoms with Gasteiger partial charge in [-0.25, -0.2) is 14.0 Å². The summed E-state index contributed by atoms with van der Waals surface area (Å²) in [5.74, 6) is -2.42. The fourth-order valence-electron chi connectivity index (χ4n) is 1.41. The number of nitrogens with one attached hydrogen (secondary N) is 2. The van der Waals surface area contributed by atoms with Gasteiger partial charge in [-0.2, -0.15) is 0 Å². The minimum atomic E-state index is -1.60. The average molecular weight is 301 g/mol. The Balaban J connectivity index is 2.85. The van der Waals surface area contributed by atoms with Gasteiger partial charge in [0.2, 0.25) is 0 Å². The number of aliphatic hydroxyl groups excluding tert-OH is 1. The van der Waals surface area contributed by atoms with E-state index in [1.165, 1.54) is 0 Å². The lowest BCUT2D eigenvalue weighted by Crippen LogP contribution is -2.49. The largest absolute Gasteiger partial charge is 0.480 e. The topological polar surface area (TPSA) is 142 Å². The highest BCUT2D eigenvalue weighted by atomic mass is 19.1. The zero-order valence-electron chi connectivity index (χ0n) is 10.7. The van der Waals surface area contributed by atoms with Crippen molar-refractivity contribution in [3.63, 3.8) is 0 Å². The highest BCUT2D eigenvalue weighted by Crippen LogP contribution is 2.21. The van der Waals surface area contributed by atoms with Gasteiger partial charge in [-0.1, -0.05) is 0 Å². The average Bonchev–Trinajstić information content (AvgIpc) is 2.37. The van der Waals surface area contributed by atoms with Crippen molar-refractivity contribution < 1.29 is 29.1 Å². The van der Waals surface area contributed by atoms with Crippen LogP contribution in [0.15, 0.2) is 18.2 Å². The lowest BCUT2D eigenvalue weighted by molar-refractivity contribution is -0.384. The zero-order chi connectivity index (χ0) is 16.2. The van der Waals surface area contributed by atoms with Gasteiger partial charge in [-0.05, 0) is 13.0 Å². The molecule has 0 aliphatic rings. The molecule has 2 amide bonds. The Kier molecular flexibility index (Phi) is 5.13. The van der Waals surface area contributed by atoms with Crippen molar-refractivity contribution in [2.45, 2.75) is 19.1 Å². The quantitative estimate of drug-likeness (QED) is 0.465. The van der Waals surface area contributed by atoms with E-state index in [2.05, 4.69) is 0 Å². The van der Waals surface area contributed by atoms with Crippen LogP contribution in [-0.4, -0.2) is 39.3 Å². The van der Waals surface area contributed by atoms with Crippen LogP contribution in [0.2, 0.25) is 0 Å². The van der Waals surface area contributed by atoms with Crippen molar-refractivity contribution >= 4 is 23.4 Å². The van der Waals surface area contributed by atoms with E-state index in [1.54, 1.807) is 0 Å². The molecule has 0 heterocycles. The molecule has 10 heteroatoms. The molecule has 2 unspecified atom stereocenters. The molecular weight excluding hydrogens is 289 g/mol. The standard InChI is InChI=1S/C11H12FN3O6/c1-5(16)9(10(17)18)14-11(19)13-8-4-6(15(20)21)2-3-7(8)12/h2-5,9,16H,1H3,(H,17,18)(H2,13,14,19). The Morgan fingerprint density at radius 2 is 2.05 bits per heavy atom. The van der Waals surface area contributed by atoms with Crippen LogP contribution in [0, 0.1) is 15.9 Å². The summed E-state index contributed by atoms with van der Waals surface area (Å²) in [4.78, 5) is 32.1. The third kappa shape index (κ3) is 4.38. The first kappa shape index (κ1) is 16.3. The highest BCUT2D eigenvalue weighted by molar-refractivity contribution is 5.92. The molecule has 1 rings (SSSR count). The van der Waals surface area contributed by atoms with Crippen molar-refractivity contribution in [3.05, 3.63) is 34.1 Å². The number of aliphatic carboxylic acids is 1. The number of carboxylic acid groups (broad SMARTS) is 1. The van der Waals surface area contributed by atoms with Crippen molar-refractivity contribution in [2.24, 2.45) is 0 Å². The second kappa shape index (κ2) is 6.61. The number of halogens is 1. The van der Waals surface area contributed by atoms with Crippen molar-refractivity contribution in [2.75, 3.05) is 5.32 Å². The molecule has 0 saturated carbocycles. The van der Waals surface area contributed by atoms with Gasteiger partial charge in [0.15, 0.2) is 6.04 Å². The number of hydrogen-bond acceptors (Lipinski definition) is 5. The first-order valence-electron chi connectivity index (χ1n) is 5.64. The SMILES string of the molecule is CC(O)C(NC(=O)Nc1cc([N+](=O)[O-])ccc1F)C(=O)O. The summed E-state index contributed by atoms with van der Waals surface area (Å²) in [6, 6.07) is -0.243. The molecule has 0 saturated heterocycles. The molecule has 9 nitrogen and oxygen atoms in total. The van der Waals surface area contributed by atoms with Gasteiger partial charge < -0.3 is 20.8 Å². The molecule has 0 radical (unpaired) electrons. The fraction of sp³-hybridized carbons (Fsp3) is 0.273. The minimum absolute atomic E-state index is 0.447. The number of anilines is 1. The summed E-state index contributed by atoms with van der Waals surface area (Å²) in [5.41, 5.74) is -0.937. The van der Waals surface area contributed by atoms with E-state index >= 15 is 0 Å². The Morgan fingerprint density at radius 3 is 2.52 bits per heavy atom. The highest BCUT2D eigenvalue weighted by Gasteiger charge is 2.25. The molecule has 1 aromatic carbocycles. The fourth-order valence-corrected chi connectivity index (χ4v) is 1.41. The monoisotopic (exact) mass is 301 g/mol. The number of aliphatic hydroxyl groups is 1. The third-order valence-corrected chi connectivity index (χ3v) is 2.44. The molecule has 21 heavy (non-hydrogen) atoms. The van der Waals surface area contributed by atoms with Crippen LogP contribution in [0.5, 0.6) is 0 Å². The molecule has 2 atom stereocenters. The minimum Gasteiger partial charge on any atom is -0.480 e. The number of nitro groups is 1. The normalized spacial score (nSPS) is 13.1. The van der Waals surface area contributed by atoms with Gasteiger partial charge in [0.25, 0.3) is 5.69 Å². The first-order valence-corrected chi connectivity index (χ1v) is 5.64. The summed E-state index contributed by atoms with van der Waals surface area (Å²) >= 11 is 0. The second-order valence-electron chi connectivity index (χ2n) is 4.08. The van der Waals surface area contributed by atoms with E-state index < -0.39 is 46.3 Å². The Hall–Kier alpha value is -2.75. The van der Waals surface area contributed by atoms with Gasteiger partial charge in [0, 0.05) is 12.1 Å². The van der Waals surface area contributed by atoms with Gasteiger partial charge in [-0.3, -0.25) is 10.1 Å². The van der Waals surface area contributed by atoms with Crippen LogP contribution < -0.4 is 10.6 Å². The van der Waals surface area contributed by atoms with E-state index in [1.807, 2.05) is 10.6 Å². The molecule has 114 valence electrons. The van der Waals surface area contributed by atoms with Crippen LogP contribution >= 0.6 is 0 Å². The molecule has 0 fully saturated rings. The van der Waals surface area contributed by atoms with E-state index in [4.69, 9.17) is 5.11 Å². The Bertz CT molecular complexity index is 577. The second-order valence-corrected chi connectivity index (χ2v) is 4.08. The summed E-state index contributed by atoms with van der Waals surface area (Å²) in [5, 5.41) is 32.3. The van der Waals surface area contributed by atoms with Gasteiger partial charge in [0.1, 0.15) is 5.82 Å². The maximum atomic E-state index is 13.4. The number of nitrogens with zero attached hydrogens (tertiary/aromatic N) is 1. The number of carbonyl (C=O) groups is 2. The Labute approximate surface area is 117 Å².